The molecule has 7 heteroatoms. The highest BCUT2D eigenvalue weighted by Crippen LogP contribution is 2.28. The van der Waals surface area contributed by atoms with E-state index in [9.17, 15) is 0 Å². The summed E-state index contributed by atoms with van der Waals surface area (Å²) in [5.74, 6) is 1.05. The van der Waals surface area contributed by atoms with Crippen molar-refractivity contribution >= 4 is 23.1 Å². The van der Waals surface area contributed by atoms with Crippen LogP contribution in [0, 0.1) is 0 Å². The van der Waals surface area contributed by atoms with Gasteiger partial charge in [-0.25, -0.2) is 0 Å². The first-order valence-corrected chi connectivity index (χ1v) is 8.96. The van der Waals surface area contributed by atoms with Crippen LogP contribution in [0.4, 0.5) is 5.82 Å². The van der Waals surface area contributed by atoms with Gasteiger partial charge in [-0.05, 0) is 31.2 Å². The zero-order valence-corrected chi connectivity index (χ0v) is 14.8. The van der Waals surface area contributed by atoms with Crippen LogP contribution in [0.15, 0.2) is 36.7 Å². The van der Waals surface area contributed by atoms with E-state index in [0.29, 0.717) is 0 Å². The van der Waals surface area contributed by atoms with Crippen molar-refractivity contribution in [2.75, 3.05) is 51.3 Å². The molecule has 2 aromatic rings. The number of hydrogen-bond acceptors (Lipinski definition) is 7. The second kappa shape index (κ2) is 8.86. The maximum Gasteiger partial charge on any atom is 0.170 e. The van der Waals surface area contributed by atoms with Crippen LogP contribution in [0.5, 0.6) is 0 Å². The molecule has 128 valence electrons. The second-order valence-corrected chi connectivity index (χ2v) is 6.34. The minimum Gasteiger partial charge on any atom is -0.378 e. The highest BCUT2D eigenvalue weighted by Gasteiger charge is 2.22. The van der Waals surface area contributed by atoms with Crippen molar-refractivity contribution in [3.05, 3.63) is 42.4 Å². The Hall–Kier alpha value is -1.83. The number of ether oxygens (including phenoxy) is 1. The lowest BCUT2D eigenvalue weighted by atomic mass is 10.1. The summed E-state index contributed by atoms with van der Waals surface area (Å²) in [5, 5.41) is 0. The molecule has 0 bridgehead atoms. The summed E-state index contributed by atoms with van der Waals surface area (Å²) >= 11 is 1.31. The van der Waals surface area contributed by atoms with Crippen LogP contribution in [0.1, 0.15) is 12.1 Å². The molecule has 0 saturated carbocycles. The quantitative estimate of drug-likeness (QED) is 0.831. The Labute approximate surface area is 147 Å². The van der Waals surface area contributed by atoms with Crippen molar-refractivity contribution in [3.63, 3.8) is 0 Å². The molecule has 2 aromatic heterocycles. The normalized spacial score (nSPS) is 18.5. The first-order chi connectivity index (χ1) is 11.8. The van der Waals surface area contributed by atoms with Gasteiger partial charge in [-0.1, -0.05) is 12.1 Å². The van der Waals surface area contributed by atoms with Gasteiger partial charge in [0.15, 0.2) is 5.82 Å². The molecule has 0 atom stereocenters. The van der Waals surface area contributed by atoms with Crippen LogP contribution in [-0.2, 0) is 4.74 Å². The minimum atomic E-state index is 0.788. The summed E-state index contributed by atoms with van der Waals surface area (Å²) in [7, 11) is 2.15. The minimum absolute atomic E-state index is 0.788. The summed E-state index contributed by atoms with van der Waals surface area (Å²) in [5.41, 5.74) is 2.40. The van der Waals surface area contributed by atoms with Crippen molar-refractivity contribution in [1.82, 2.24) is 18.6 Å². The van der Waals surface area contributed by atoms with Crippen molar-refractivity contribution in [2.45, 2.75) is 6.42 Å². The fourth-order valence-electron chi connectivity index (χ4n) is 2.75. The summed E-state index contributed by atoms with van der Waals surface area (Å²) < 4.78 is 14.4. The van der Waals surface area contributed by atoms with Crippen molar-refractivity contribution in [1.29, 1.82) is 0 Å². The van der Waals surface area contributed by atoms with Gasteiger partial charge in [-0.2, -0.15) is 8.75 Å². The molecular formula is C17H23N5OS. The Kier molecular flexibility index (Phi) is 6.28. The largest absolute Gasteiger partial charge is 0.378 e. The standard InChI is InChI=1S/C12H18N4OS.C5H5N/c1-15-4-2-3-10(9-15)11-12(14-18-13-11)16-5-7-17-8-6-16;1-2-4-6-5-3-1/h3H,2,4-9H2,1H3;1-5H. The summed E-state index contributed by atoms with van der Waals surface area (Å²) in [4.78, 5) is 8.41. The topological polar surface area (TPSA) is 54.4 Å². The number of morpholine rings is 1. The third kappa shape index (κ3) is 4.59. The summed E-state index contributed by atoms with van der Waals surface area (Å²) in [6, 6.07) is 5.72. The van der Waals surface area contributed by atoms with Crippen LogP contribution in [-0.4, -0.2) is 65.1 Å². The smallest absolute Gasteiger partial charge is 0.170 e. The third-order valence-corrected chi connectivity index (χ3v) is 4.51. The van der Waals surface area contributed by atoms with E-state index in [1.165, 1.54) is 17.3 Å². The van der Waals surface area contributed by atoms with E-state index in [2.05, 4.69) is 36.7 Å². The van der Waals surface area contributed by atoms with Gasteiger partial charge < -0.3 is 14.5 Å². The van der Waals surface area contributed by atoms with Gasteiger partial charge in [0, 0.05) is 38.6 Å². The van der Waals surface area contributed by atoms with Crippen LogP contribution >= 0.6 is 11.7 Å². The molecule has 0 spiro atoms. The first kappa shape index (κ1) is 17.0. The fraction of sp³-hybridized carbons (Fsp3) is 0.471. The zero-order chi connectivity index (χ0) is 16.6. The molecule has 2 aliphatic rings. The molecule has 6 nitrogen and oxygen atoms in total. The van der Waals surface area contributed by atoms with E-state index in [1.54, 1.807) is 12.4 Å². The number of hydrogen-bond donors (Lipinski definition) is 0. The molecule has 0 amide bonds. The van der Waals surface area contributed by atoms with E-state index in [1.807, 2.05) is 18.2 Å². The molecule has 0 N–H and O–H groups in total. The molecule has 0 unspecified atom stereocenters. The predicted octanol–water partition coefficient (Wildman–Crippen LogP) is 2.18. The average molecular weight is 345 g/mol. The zero-order valence-electron chi connectivity index (χ0n) is 14.0. The number of pyridine rings is 1. The van der Waals surface area contributed by atoms with Crippen LogP contribution in [0.2, 0.25) is 0 Å². The monoisotopic (exact) mass is 345 g/mol. The van der Waals surface area contributed by atoms with Crippen LogP contribution in [0.3, 0.4) is 0 Å². The average Bonchev–Trinajstić information content (AvgIpc) is 3.14. The second-order valence-electron chi connectivity index (χ2n) is 5.82. The molecule has 1 fully saturated rings. The first-order valence-electron chi connectivity index (χ1n) is 8.23. The maximum absolute atomic E-state index is 5.39. The van der Waals surface area contributed by atoms with E-state index in [0.717, 1.165) is 57.3 Å². The van der Waals surface area contributed by atoms with Gasteiger partial charge >= 0.3 is 0 Å². The summed E-state index contributed by atoms with van der Waals surface area (Å²) in [6.07, 6.45) is 6.91. The molecule has 1 saturated heterocycles. The highest BCUT2D eigenvalue weighted by molar-refractivity contribution is 6.99. The van der Waals surface area contributed by atoms with Crippen molar-refractivity contribution in [2.24, 2.45) is 0 Å². The Morgan fingerprint density at radius 3 is 2.46 bits per heavy atom. The Morgan fingerprint density at radius 2 is 1.83 bits per heavy atom. The maximum atomic E-state index is 5.39. The number of aromatic nitrogens is 3. The lowest BCUT2D eigenvalue weighted by molar-refractivity contribution is 0.122. The molecule has 0 aliphatic carbocycles. The number of likely N-dealkylation sites (N-methyl/N-ethyl adjacent to an activating group) is 1. The van der Waals surface area contributed by atoms with E-state index in [4.69, 9.17) is 4.74 Å². The molecule has 24 heavy (non-hydrogen) atoms. The van der Waals surface area contributed by atoms with Gasteiger partial charge in [0.1, 0.15) is 5.69 Å². The van der Waals surface area contributed by atoms with Crippen molar-refractivity contribution in [3.8, 4) is 0 Å². The molecule has 0 aromatic carbocycles. The number of nitrogens with zero attached hydrogens (tertiary/aromatic N) is 5. The van der Waals surface area contributed by atoms with Gasteiger partial charge in [-0.3, -0.25) is 4.98 Å². The highest BCUT2D eigenvalue weighted by atomic mass is 32.1. The lowest BCUT2D eigenvalue weighted by Gasteiger charge is -2.28. The van der Waals surface area contributed by atoms with E-state index in [-0.39, 0.29) is 0 Å². The van der Waals surface area contributed by atoms with Crippen LogP contribution < -0.4 is 4.90 Å². The molecule has 0 radical (unpaired) electrons. The van der Waals surface area contributed by atoms with E-state index < -0.39 is 0 Å². The predicted molar refractivity (Wildman–Crippen MR) is 97.3 cm³/mol. The Bertz CT molecular complexity index is 613. The van der Waals surface area contributed by atoms with E-state index >= 15 is 0 Å². The Balaban J connectivity index is 0.000000238. The Morgan fingerprint density at radius 1 is 1.04 bits per heavy atom. The fourth-order valence-corrected chi connectivity index (χ4v) is 3.35. The molecule has 4 heterocycles. The number of anilines is 1. The third-order valence-electron chi connectivity index (χ3n) is 3.99. The number of rotatable bonds is 2. The lowest BCUT2D eigenvalue weighted by Crippen LogP contribution is -2.37. The SMILES string of the molecule is CN1CCC=C(c2nsnc2N2CCOCC2)C1.c1ccncc1. The molecule has 2 aliphatic heterocycles. The van der Waals surface area contributed by atoms with Gasteiger partial charge in [0.05, 0.1) is 24.9 Å². The van der Waals surface area contributed by atoms with Gasteiger partial charge in [0.25, 0.3) is 0 Å². The van der Waals surface area contributed by atoms with Crippen LogP contribution in [0.25, 0.3) is 5.57 Å². The van der Waals surface area contributed by atoms with Gasteiger partial charge in [-0.15, -0.1) is 0 Å². The van der Waals surface area contributed by atoms with Crippen molar-refractivity contribution < 1.29 is 4.74 Å². The van der Waals surface area contributed by atoms with Gasteiger partial charge in [0.2, 0.25) is 0 Å². The summed E-state index contributed by atoms with van der Waals surface area (Å²) in [6.45, 7) is 5.52. The molecular weight excluding hydrogens is 322 g/mol. The molecule has 4 rings (SSSR count).